The largest absolute Gasteiger partial charge is 0.496 e. The van der Waals surface area contributed by atoms with Crippen molar-refractivity contribution in [3.63, 3.8) is 0 Å². The highest BCUT2D eigenvalue weighted by Crippen LogP contribution is 2.29. The molecule has 2 aliphatic rings. The van der Waals surface area contributed by atoms with Crippen LogP contribution in [0.25, 0.3) is 6.08 Å². The van der Waals surface area contributed by atoms with Crippen molar-refractivity contribution in [2.75, 3.05) is 12.0 Å². The van der Waals surface area contributed by atoms with E-state index < -0.39 is 29.7 Å². The normalized spacial score (nSPS) is 16.3. The van der Waals surface area contributed by atoms with Crippen molar-refractivity contribution in [2.45, 2.75) is 19.9 Å². The maximum atomic E-state index is 13.3. The number of hydrogen-bond acceptors (Lipinski definition) is 6. The molecule has 38 heavy (non-hydrogen) atoms. The number of hydrogen-bond donors (Lipinski definition) is 1. The van der Waals surface area contributed by atoms with Gasteiger partial charge in [0.2, 0.25) is 0 Å². The summed E-state index contributed by atoms with van der Waals surface area (Å²) in [6.07, 6.45) is 2.16. The van der Waals surface area contributed by atoms with Gasteiger partial charge in [0.25, 0.3) is 23.6 Å². The SMILES string of the molecule is CCc1ccc(N2C(=O)NC(=O)/C(=C/c3ccc(OC)c(CN4C(=O)c5ccccc5C4=O)c3)C2=O)cc1. The predicted octanol–water partition coefficient (Wildman–Crippen LogP) is 3.72. The zero-order chi connectivity index (χ0) is 27.0. The summed E-state index contributed by atoms with van der Waals surface area (Å²) >= 11 is 0. The van der Waals surface area contributed by atoms with Crippen LogP contribution < -0.4 is 15.0 Å². The van der Waals surface area contributed by atoms with E-state index in [4.69, 9.17) is 4.74 Å². The maximum Gasteiger partial charge on any atom is 0.335 e. The van der Waals surface area contributed by atoms with E-state index >= 15 is 0 Å². The van der Waals surface area contributed by atoms with Gasteiger partial charge in [0.1, 0.15) is 11.3 Å². The average Bonchev–Trinajstić information content (AvgIpc) is 3.16. The number of imide groups is 3. The minimum absolute atomic E-state index is 0.0684. The second-order valence-electron chi connectivity index (χ2n) is 8.79. The Hall–Kier alpha value is -5.05. The van der Waals surface area contributed by atoms with Crippen LogP contribution in [-0.4, -0.2) is 41.7 Å². The standard InChI is InChI=1S/C29H23N3O6/c1-3-17-8-11-20(12-9-17)32-28(36)23(25(33)30-29(32)37)15-18-10-13-24(38-2)19(14-18)16-31-26(34)21-6-4-5-7-22(21)27(31)35/h4-15H,3,16H2,1-2H3,(H,30,33,37)/b23-15-. The maximum absolute atomic E-state index is 13.3. The lowest BCUT2D eigenvalue weighted by Crippen LogP contribution is -2.54. The molecule has 0 unspecified atom stereocenters. The molecule has 3 aromatic rings. The average molecular weight is 510 g/mol. The molecule has 5 rings (SSSR count). The van der Waals surface area contributed by atoms with Crippen LogP contribution in [0.4, 0.5) is 10.5 Å². The highest BCUT2D eigenvalue weighted by molar-refractivity contribution is 6.39. The first-order valence-electron chi connectivity index (χ1n) is 11.9. The molecule has 0 aliphatic carbocycles. The number of barbiturate groups is 1. The van der Waals surface area contributed by atoms with Gasteiger partial charge in [-0.3, -0.25) is 29.4 Å². The third kappa shape index (κ3) is 4.24. The molecular weight excluding hydrogens is 486 g/mol. The van der Waals surface area contributed by atoms with Crippen LogP contribution in [0.15, 0.2) is 72.3 Å². The van der Waals surface area contributed by atoms with Gasteiger partial charge in [0.15, 0.2) is 0 Å². The number of aryl methyl sites for hydroxylation is 1. The van der Waals surface area contributed by atoms with E-state index in [1.807, 2.05) is 19.1 Å². The van der Waals surface area contributed by atoms with Crippen molar-refractivity contribution in [1.82, 2.24) is 10.2 Å². The Balaban J connectivity index is 1.46. The lowest BCUT2D eigenvalue weighted by Gasteiger charge is -2.26. The van der Waals surface area contributed by atoms with Crippen molar-refractivity contribution in [1.29, 1.82) is 0 Å². The monoisotopic (exact) mass is 509 g/mol. The van der Waals surface area contributed by atoms with Crippen LogP contribution >= 0.6 is 0 Å². The minimum Gasteiger partial charge on any atom is -0.496 e. The fraction of sp³-hybridized carbons (Fsp3) is 0.138. The summed E-state index contributed by atoms with van der Waals surface area (Å²) in [5.74, 6) is -1.99. The first-order valence-corrected chi connectivity index (χ1v) is 11.9. The summed E-state index contributed by atoms with van der Waals surface area (Å²) in [5.41, 5.74) is 2.75. The van der Waals surface area contributed by atoms with Crippen LogP contribution in [-0.2, 0) is 22.6 Å². The van der Waals surface area contributed by atoms with Gasteiger partial charge < -0.3 is 4.74 Å². The molecule has 9 heteroatoms. The minimum atomic E-state index is -0.831. The lowest BCUT2D eigenvalue weighted by molar-refractivity contribution is -0.122. The van der Waals surface area contributed by atoms with Gasteiger partial charge in [-0.1, -0.05) is 37.3 Å². The van der Waals surface area contributed by atoms with Gasteiger partial charge in [-0.25, -0.2) is 9.69 Å². The summed E-state index contributed by atoms with van der Waals surface area (Å²) in [6.45, 7) is 1.92. The number of carbonyl (C=O) groups is 5. The quantitative estimate of drug-likeness (QED) is 0.308. The molecule has 0 aromatic heterocycles. The molecule has 0 radical (unpaired) electrons. The molecule has 1 N–H and O–H groups in total. The Morgan fingerprint density at radius 3 is 2.11 bits per heavy atom. The summed E-state index contributed by atoms with van der Waals surface area (Å²) < 4.78 is 5.43. The van der Waals surface area contributed by atoms with Gasteiger partial charge in [-0.05, 0) is 60.0 Å². The van der Waals surface area contributed by atoms with E-state index in [-0.39, 0.29) is 12.1 Å². The second-order valence-corrected chi connectivity index (χ2v) is 8.79. The fourth-order valence-corrected chi connectivity index (χ4v) is 4.50. The Labute approximate surface area is 218 Å². The Morgan fingerprint density at radius 1 is 0.842 bits per heavy atom. The summed E-state index contributed by atoms with van der Waals surface area (Å²) in [4.78, 5) is 66.1. The lowest BCUT2D eigenvalue weighted by atomic mass is 10.0. The number of amides is 6. The van der Waals surface area contributed by atoms with Crippen molar-refractivity contribution in [2.24, 2.45) is 0 Å². The summed E-state index contributed by atoms with van der Waals surface area (Å²) in [6, 6.07) is 17.6. The fourth-order valence-electron chi connectivity index (χ4n) is 4.50. The van der Waals surface area contributed by atoms with Crippen LogP contribution in [0.2, 0.25) is 0 Å². The van der Waals surface area contributed by atoms with Crippen molar-refractivity contribution in [3.8, 4) is 5.75 Å². The molecule has 1 saturated heterocycles. The highest BCUT2D eigenvalue weighted by atomic mass is 16.5. The number of benzene rings is 3. The van der Waals surface area contributed by atoms with E-state index in [0.717, 1.165) is 21.8 Å². The summed E-state index contributed by atoms with van der Waals surface area (Å²) in [7, 11) is 1.46. The Bertz CT molecular complexity index is 1510. The molecule has 0 spiro atoms. The molecule has 1 fully saturated rings. The van der Waals surface area contributed by atoms with E-state index in [9.17, 15) is 24.0 Å². The van der Waals surface area contributed by atoms with E-state index in [1.165, 1.54) is 13.2 Å². The number of rotatable bonds is 6. The van der Waals surface area contributed by atoms with Crippen LogP contribution in [0.3, 0.4) is 0 Å². The Morgan fingerprint density at radius 2 is 1.50 bits per heavy atom. The third-order valence-electron chi connectivity index (χ3n) is 6.53. The van der Waals surface area contributed by atoms with Gasteiger partial charge in [-0.2, -0.15) is 0 Å². The molecule has 3 aromatic carbocycles. The smallest absolute Gasteiger partial charge is 0.335 e. The first-order chi connectivity index (χ1) is 18.3. The highest BCUT2D eigenvalue weighted by Gasteiger charge is 2.37. The molecule has 0 bridgehead atoms. The van der Waals surface area contributed by atoms with Crippen molar-refractivity contribution in [3.05, 3.63) is 100 Å². The zero-order valence-electron chi connectivity index (χ0n) is 20.7. The number of carbonyl (C=O) groups excluding carboxylic acids is 5. The second kappa shape index (κ2) is 9.78. The number of nitrogens with zero attached hydrogens (tertiary/aromatic N) is 2. The number of methoxy groups -OCH3 is 1. The topological polar surface area (TPSA) is 113 Å². The first kappa shape index (κ1) is 24.6. The van der Waals surface area contributed by atoms with Gasteiger partial charge >= 0.3 is 6.03 Å². The van der Waals surface area contributed by atoms with Crippen LogP contribution in [0.1, 0.15) is 44.3 Å². The molecular formula is C29H23N3O6. The van der Waals surface area contributed by atoms with E-state index in [2.05, 4.69) is 5.32 Å². The predicted molar refractivity (Wildman–Crippen MR) is 138 cm³/mol. The number of anilines is 1. The van der Waals surface area contributed by atoms with Crippen molar-refractivity contribution < 1.29 is 28.7 Å². The van der Waals surface area contributed by atoms with Crippen LogP contribution in [0, 0.1) is 0 Å². The molecule has 6 amide bonds. The molecule has 2 heterocycles. The summed E-state index contributed by atoms with van der Waals surface area (Å²) in [5, 5.41) is 2.21. The number of urea groups is 1. The van der Waals surface area contributed by atoms with Crippen LogP contribution in [0.5, 0.6) is 5.75 Å². The third-order valence-corrected chi connectivity index (χ3v) is 6.53. The van der Waals surface area contributed by atoms with E-state index in [1.54, 1.807) is 54.6 Å². The molecule has 2 aliphatic heterocycles. The van der Waals surface area contributed by atoms with Crippen molar-refractivity contribution >= 4 is 41.4 Å². The molecule has 0 atom stereocenters. The van der Waals surface area contributed by atoms with Gasteiger partial charge in [0.05, 0.1) is 30.5 Å². The number of ether oxygens (including phenoxy) is 1. The molecule has 0 saturated carbocycles. The molecule has 9 nitrogen and oxygen atoms in total. The van der Waals surface area contributed by atoms with E-state index in [0.29, 0.717) is 33.7 Å². The van der Waals surface area contributed by atoms with Gasteiger partial charge in [-0.15, -0.1) is 0 Å². The van der Waals surface area contributed by atoms with Gasteiger partial charge in [0, 0.05) is 5.56 Å². The number of nitrogens with one attached hydrogen (secondary N) is 1. The number of fused-ring (bicyclic) bond motifs is 1. The Kier molecular flexibility index (Phi) is 6.34. The zero-order valence-corrected chi connectivity index (χ0v) is 20.7. The molecule has 190 valence electrons.